The van der Waals surface area contributed by atoms with Gasteiger partial charge in [0.1, 0.15) is 11.5 Å². The fourth-order valence-electron chi connectivity index (χ4n) is 3.37. The van der Waals surface area contributed by atoms with Crippen LogP contribution in [-0.2, 0) is 16.9 Å². The molecule has 5 aromatic rings. The number of nitrogen functional groups attached to an aromatic ring is 1. The van der Waals surface area contributed by atoms with Gasteiger partial charge in [-0.1, -0.05) is 11.2 Å². The summed E-state index contributed by atoms with van der Waals surface area (Å²) >= 11 is 0. The third-order valence-corrected chi connectivity index (χ3v) is 6.08. The van der Waals surface area contributed by atoms with Gasteiger partial charge in [-0.15, -0.1) is 0 Å². The number of sulfone groups is 1. The number of fused-ring (bicyclic) bond motifs is 2. The Kier molecular flexibility index (Phi) is 4.19. The van der Waals surface area contributed by atoms with E-state index in [-0.39, 0.29) is 4.90 Å². The summed E-state index contributed by atoms with van der Waals surface area (Å²) in [7, 11) is -1.50. The molecule has 10 heteroatoms. The van der Waals surface area contributed by atoms with Crippen molar-refractivity contribution in [2.75, 3.05) is 12.0 Å². The van der Waals surface area contributed by atoms with Gasteiger partial charge in [-0.25, -0.2) is 13.4 Å². The zero-order valence-electron chi connectivity index (χ0n) is 16.6. The highest BCUT2D eigenvalue weighted by atomic mass is 32.2. The van der Waals surface area contributed by atoms with Crippen LogP contribution in [0.4, 0.5) is 5.82 Å². The summed E-state index contributed by atoms with van der Waals surface area (Å²) < 4.78 is 36.6. The van der Waals surface area contributed by atoms with Gasteiger partial charge in [0.25, 0.3) is 0 Å². The maximum Gasteiger partial charge on any atom is 0.178 e. The molecule has 156 valence electrons. The third-order valence-electron chi connectivity index (χ3n) is 4.95. The number of hydrogen-bond acceptors (Lipinski definition) is 8. The van der Waals surface area contributed by atoms with Crippen LogP contribution in [0.2, 0.25) is 0 Å². The molecule has 0 radical (unpaired) electrons. The average molecular weight is 435 g/mol. The molecule has 5 rings (SSSR count). The first-order chi connectivity index (χ1) is 14.8. The highest BCUT2D eigenvalue weighted by molar-refractivity contribution is 7.90. The normalized spacial score (nSPS) is 11.9. The second-order valence-corrected chi connectivity index (χ2v) is 9.12. The van der Waals surface area contributed by atoms with Crippen LogP contribution < -0.4 is 10.5 Å². The first kappa shape index (κ1) is 19.1. The van der Waals surface area contributed by atoms with Gasteiger partial charge < -0.3 is 15.0 Å². The van der Waals surface area contributed by atoms with Gasteiger partial charge in [0.05, 0.1) is 27.6 Å². The minimum atomic E-state index is -3.29. The molecule has 0 fully saturated rings. The van der Waals surface area contributed by atoms with E-state index in [4.69, 9.17) is 20.0 Å². The lowest BCUT2D eigenvalue weighted by Crippen LogP contribution is -1.97. The van der Waals surface area contributed by atoms with Gasteiger partial charge in [-0.3, -0.25) is 4.68 Å². The summed E-state index contributed by atoms with van der Waals surface area (Å²) in [5.74, 6) is 1.31. The first-order valence-electron chi connectivity index (χ1n) is 9.26. The highest BCUT2D eigenvalue weighted by Crippen LogP contribution is 2.36. The Morgan fingerprint density at radius 2 is 1.87 bits per heavy atom. The Morgan fingerprint density at radius 1 is 1.10 bits per heavy atom. The third kappa shape index (κ3) is 3.26. The maximum atomic E-state index is 11.7. The number of para-hydroxylation sites is 1. The predicted molar refractivity (Wildman–Crippen MR) is 116 cm³/mol. The topological polar surface area (TPSA) is 126 Å². The largest absolute Gasteiger partial charge is 0.456 e. The number of rotatable bonds is 4. The van der Waals surface area contributed by atoms with Crippen LogP contribution >= 0.6 is 0 Å². The van der Waals surface area contributed by atoms with Crippen LogP contribution in [0.25, 0.3) is 33.3 Å². The van der Waals surface area contributed by atoms with E-state index in [0.717, 1.165) is 6.26 Å². The molecule has 0 spiro atoms. The van der Waals surface area contributed by atoms with Crippen LogP contribution in [0.1, 0.15) is 0 Å². The summed E-state index contributed by atoms with van der Waals surface area (Å²) in [5.41, 5.74) is 8.34. The number of aryl methyl sites for hydroxylation is 1. The van der Waals surface area contributed by atoms with E-state index in [1.54, 1.807) is 36.1 Å². The fourth-order valence-corrected chi connectivity index (χ4v) is 4.00. The molecule has 3 heterocycles. The maximum absolute atomic E-state index is 11.7. The zero-order valence-corrected chi connectivity index (χ0v) is 17.4. The number of benzene rings is 2. The minimum absolute atomic E-state index is 0.219. The summed E-state index contributed by atoms with van der Waals surface area (Å²) in [6, 6.07) is 13.5. The molecule has 31 heavy (non-hydrogen) atoms. The summed E-state index contributed by atoms with van der Waals surface area (Å²) in [5, 5.41) is 9.54. The second-order valence-electron chi connectivity index (χ2n) is 7.11. The van der Waals surface area contributed by atoms with Gasteiger partial charge >= 0.3 is 0 Å². The molecule has 0 aliphatic rings. The molecule has 0 aliphatic carbocycles. The Morgan fingerprint density at radius 3 is 2.61 bits per heavy atom. The number of nitrogens with zero attached hydrogens (tertiary/aromatic N) is 4. The molecule has 3 aromatic heterocycles. The standard InChI is InChI=1S/C21H17N5O4S/c1-26-21-16(11-23-26)18(29-12-6-8-13(9-7-12)31(2,27)28)10-17(24-21)14-4-3-5-15-19(14)30-25-20(15)22/h3-11H,1-2H3,(H2,22,25). The lowest BCUT2D eigenvalue weighted by atomic mass is 10.1. The summed E-state index contributed by atoms with van der Waals surface area (Å²) in [6.07, 6.45) is 2.83. The molecule has 0 saturated heterocycles. The lowest BCUT2D eigenvalue weighted by Gasteiger charge is -2.10. The van der Waals surface area contributed by atoms with Crippen molar-refractivity contribution in [3.63, 3.8) is 0 Å². The van der Waals surface area contributed by atoms with E-state index in [1.165, 1.54) is 12.1 Å². The van der Waals surface area contributed by atoms with Crippen molar-refractivity contribution in [3.05, 3.63) is 54.7 Å². The first-order valence-corrected chi connectivity index (χ1v) is 11.2. The molecule has 0 amide bonds. The quantitative estimate of drug-likeness (QED) is 0.454. The molecule has 0 saturated carbocycles. The monoisotopic (exact) mass is 435 g/mol. The number of anilines is 1. The van der Waals surface area contributed by atoms with Gasteiger partial charge in [-0.05, 0) is 36.4 Å². The molecule has 9 nitrogen and oxygen atoms in total. The van der Waals surface area contributed by atoms with E-state index in [2.05, 4.69) is 10.3 Å². The van der Waals surface area contributed by atoms with Gasteiger partial charge in [-0.2, -0.15) is 5.10 Å². The van der Waals surface area contributed by atoms with E-state index in [9.17, 15) is 8.42 Å². The SMILES string of the molecule is Cn1ncc2c(Oc3ccc(S(C)(=O)=O)cc3)cc(-c3cccc4c(N)noc34)nc21. The number of ether oxygens (including phenoxy) is 1. The van der Waals surface area contributed by atoms with Crippen molar-refractivity contribution < 1.29 is 17.7 Å². The Bertz CT molecular complexity index is 1550. The van der Waals surface area contributed by atoms with Crippen molar-refractivity contribution in [2.45, 2.75) is 4.90 Å². The second kappa shape index (κ2) is 6.81. The van der Waals surface area contributed by atoms with E-state index in [1.807, 2.05) is 18.2 Å². The molecule has 0 bridgehead atoms. The Hall–Kier alpha value is -3.92. The van der Waals surface area contributed by atoms with Crippen LogP contribution in [0.5, 0.6) is 11.5 Å². The minimum Gasteiger partial charge on any atom is -0.456 e. The molecule has 2 N–H and O–H groups in total. The van der Waals surface area contributed by atoms with Crippen molar-refractivity contribution in [3.8, 4) is 22.8 Å². The number of hydrogen-bond donors (Lipinski definition) is 1. The van der Waals surface area contributed by atoms with Crippen LogP contribution in [0.15, 0.2) is 64.1 Å². The summed E-state index contributed by atoms with van der Waals surface area (Å²) in [4.78, 5) is 4.94. The Labute approximate surface area is 177 Å². The Balaban J connectivity index is 1.65. The van der Waals surface area contributed by atoms with E-state index in [0.29, 0.717) is 50.6 Å². The van der Waals surface area contributed by atoms with Crippen molar-refractivity contribution in [1.29, 1.82) is 0 Å². The highest BCUT2D eigenvalue weighted by Gasteiger charge is 2.17. The van der Waals surface area contributed by atoms with Crippen molar-refractivity contribution in [2.24, 2.45) is 7.05 Å². The van der Waals surface area contributed by atoms with E-state index < -0.39 is 9.84 Å². The van der Waals surface area contributed by atoms with E-state index >= 15 is 0 Å². The molecule has 0 unspecified atom stereocenters. The number of pyridine rings is 1. The molecular formula is C21H17N5O4S. The summed E-state index contributed by atoms with van der Waals surface area (Å²) in [6.45, 7) is 0. The van der Waals surface area contributed by atoms with Crippen LogP contribution in [0.3, 0.4) is 0 Å². The van der Waals surface area contributed by atoms with Gasteiger partial charge in [0, 0.05) is 24.9 Å². The predicted octanol–water partition coefficient (Wildman–Crippen LogP) is 3.55. The van der Waals surface area contributed by atoms with Crippen LogP contribution in [0, 0.1) is 0 Å². The molecular weight excluding hydrogens is 418 g/mol. The van der Waals surface area contributed by atoms with Crippen molar-refractivity contribution in [1.82, 2.24) is 19.9 Å². The fraction of sp³-hybridized carbons (Fsp3) is 0.0952. The molecule has 0 atom stereocenters. The number of aromatic nitrogens is 4. The molecule has 0 aliphatic heterocycles. The molecule has 2 aromatic carbocycles. The smallest absolute Gasteiger partial charge is 0.178 e. The van der Waals surface area contributed by atoms with Gasteiger partial charge in [0.15, 0.2) is 26.9 Å². The van der Waals surface area contributed by atoms with Gasteiger partial charge in [0.2, 0.25) is 0 Å². The van der Waals surface area contributed by atoms with Crippen molar-refractivity contribution >= 4 is 37.7 Å². The number of nitrogens with two attached hydrogens (primary N) is 1. The average Bonchev–Trinajstić information content (AvgIpc) is 3.31. The van der Waals surface area contributed by atoms with Crippen LogP contribution in [-0.4, -0.2) is 34.6 Å². The zero-order chi connectivity index (χ0) is 21.8. The lowest BCUT2D eigenvalue weighted by molar-refractivity contribution is 0.461.